The van der Waals surface area contributed by atoms with Crippen molar-refractivity contribution in [1.82, 2.24) is 4.98 Å². The van der Waals surface area contributed by atoms with Gasteiger partial charge in [-0.15, -0.1) is 0 Å². The number of hydrogen-bond acceptors (Lipinski definition) is 4. The Bertz CT molecular complexity index is 369. The Morgan fingerprint density at radius 1 is 1.44 bits per heavy atom. The van der Waals surface area contributed by atoms with Crippen molar-refractivity contribution in [3.05, 3.63) is 23.4 Å². The molecule has 1 aliphatic rings. The summed E-state index contributed by atoms with van der Waals surface area (Å²) in [6.45, 7) is 0. The summed E-state index contributed by atoms with van der Waals surface area (Å²) < 4.78 is 10.4. The first-order valence-corrected chi connectivity index (χ1v) is 6.12. The molecular weight excluding hydrogens is 272 g/mol. The molecule has 1 aliphatic heterocycles. The van der Waals surface area contributed by atoms with Gasteiger partial charge in [0.05, 0.1) is 10.6 Å². The van der Waals surface area contributed by atoms with Crippen LogP contribution in [-0.2, 0) is 15.9 Å². The quantitative estimate of drug-likeness (QED) is 0.527. The Kier molecular flexibility index (Phi) is 3.78. The average molecular weight is 287 g/mol. The lowest BCUT2D eigenvalue weighted by molar-refractivity contribution is -0.108. The molecule has 1 aromatic rings. The van der Waals surface area contributed by atoms with Gasteiger partial charge in [0.25, 0.3) is 0 Å². The van der Waals surface area contributed by atoms with Crippen molar-refractivity contribution in [2.75, 3.05) is 19.5 Å². The number of fused-ring (bicyclic) bond motifs is 1. The second kappa shape index (κ2) is 5.12. The van der Waals surface area contributed by atoms with Gasteiger partial charge in [-0.25, -0.2) is 4.98 Å². The third kappa shape index (κ3) is 2.36. The van der Waals surface area contributed by atoms with Crippen LogP contribution in [0.1, 0.15) is 24.0 Å². The van der Waals surface area contributed by atoms with Crippen LogP contribution in [0, 0.1) is 0 Å². The Hall–Kier alpha value is -0.650. The molecule has 0 aromatic carbocycles. The summed E-state index contributed by atoms with van der Waals surface area (Å²) in [5.74, 6) is 0.921. The van der Waals surface area contributed by atoms with Gasteiger partial charge in [0.2, 0.25) is 6.29 Å². The van der Waals surface area contributed by atoms with E-state index in [9.17, 15) is 0 Å². The van der Waals surface area contributed by atoms with Crippen molar-refractivity contribution in [1.29, 1.82) is 0 Å². The highest BCUT2D eigenvalue weighted by Gasteiger charge is 2.19. The van der Waals surface area contributed by atoms with E-state index in [4.69, 9.17) is 9.47 Å². The summed E-state index contributed by atoms with van der Waals surface area (Å²) in [6, 6.07) is 4.03. The predicted octanol–water partition coefficient (Wildman–Crippen LogP) is 2.45. The monoisotopic (exact) mass is 286 g/mol. The standard InChI is InChI=1S/C11H15BrN2O2/c1-15-11(16-2)8-5-3-7-4-6-9(12)14-10(7)13-8/h3,5,9,11H,4,6H2,1-2H3,(H,13,14). The van der Waals surface area contributed by atoms with Gasteiger partial charge in [0, 0.05) is 14.2 Å². The fourth-order valence-electron chi connectivity index (χ4n) is 1.80. The second-order valence-electron chi connectivity index (χ2n) is 3.70. The van der Waals surface area contributed by atoms with E-state index in [1.54, 1.807) is 14.2 Å². The minimum Gasteiger partial charge on any atom is -0.357 e. The molecule has 1 N–H and O–H groups in total. The maximum absolute atomic E-state index is 5.18. The van der Waals surface area contributed by atoms with E-state index in [-0.39, 0.29) is 0 Å². The van der Waals surface area contributed by atoms with E-state index in [2.05, 4.69) is 32.3 Å². The predicted molar refractivity (Wildman–Crippen MR) is 65.7 cm³/mol. The number of anilines is 1. The topological polar surface area (TPSA) is 43.4 Å². The van der Waals surface area contributed by atoms with Gasteiger partial charge in [0.15, 0.2) is 0 Å². The van der Waals surface area contributed by atoms with Crippen molar-refractivity contribution < 1.29 is 9.47 Å². The molecule has 0 aliphatic carbocycles. The summed E-state index contributed by atoms with van der Waals surface area (Å²) in [5, 5.41) is 3.30. The molecule has 0 bridgehead atoms. The van der Waals surface area contributed by atoms with Gasteiger partial charge in [-0.3, -0.25) is 0 Å². The van der Waals surface area contributed by atoms with Gasteiger partial charge in [-0.1, -0.05) is 22.0 Å². The lowest BCUT2D eigenvalue weighted by Crippen LogP contribution is -2.21. The van der Waals surface area contributed by atoms with E-state index in [0.29, 0.717) is 4.95 Å². The lowest BCUT2D eigenvalue weighted by Gasteiger charge is -2.23. The van der Waals surface area contributed by atoms with Crippen molar-refractivity contribution in [2.45, 2.75) is 24.1 Å². The number of alkyl halides is 1. The Morgan fingerprint density at radius 2 is 2.19 bits per heavy atom. The highest BCUT2D eigenvalue weighted by Crippen LogP contribution is 2.27. The molecule has 2 rings (SSSR count). The third-order valence-electron chi connectivity index (χ3n) is 2.63. The number of nitrogens with zero attached hydrogens (tertiary/aromatic N) is 1. The van der Waals surface area contributed by atoms with Gasteiger partial charge in [-0.2, -0.15) is 0 Å². The molecule has 1 atom stereocenters. The Labute approximate surface area is 103 Å². The number of rotatable bonds is 3. The lowest BCUT2D eigenvalue weighted by atomic mass is 10.1. The molecule has 0 spiro atoms. The summed E-state index contributed by atoms with van der Waals surface area (Å²) in [5.41, 5.74) is 2.03. The molecule has 1 unspecified atom stereocenters. The highest BCUT2D eigenvalue weighted by molar-refractivity contribution is 9.09. The fraction of sp³-hybridized carbons (Fsp3) is 0.545. The average Bonchev–Trinajstić information content (AvgIpc) is 2.30. The first-order chi connectivity index (χ1) is 7.74. The van der Waals surface area contributed by atoms with Crippen LogP contribution in [-0.4, -0.2) is 24.2 Å². The van der Waals surface area contributed by atoms with Crippen molar-refractivity contribution >= 4 is 21.7 Å². The molecule has 2 heterocycles. The van der Waals surface area contributed by atoms with E-state index >= 15 is 0 Å². The van der Waals surface area contributed by atoms with E-state index in [0.717, 1.165) is 24.4 Å². The van der Waals surface area contributed by atoms with Crippen LogP contribution in [0.2, 0.25) is 0 Å². The maximum atomic E-state index is 5.18. The molecule has 16 heavy (non-hydrogen) atoms. The number of halogens is 1. The summed E-state index contributed by atoms with van der Waals surface area (Å²) in [7, 11) is 3.21. The Morgan fingerprint density at radius 3 is 2.88 bits per heavy atom. The second-order valence-corrected chi connectivity index (χ2v) is 4.80. The smallest absolute Gasteiger partial charge is 0.200 e. The number of aromatic nitrogens is 1. The summed E-state index contributed by atoms with van der Waals surface area (Å²) in [4.78, 5) is 4.81. The number of methoxy groups -OCH3 is 2. The number of nitrogens with one attached hydrogen (secondary N) is 1. The minimum atomic E-state index is -0.400. The number of ether oxygens (including phenoxy) is 2. The zero-order valence-corrected chi connectivity index (χ0v) is 11.0. The molecule has 88 valence electrons. The maximum Gasteiger partial charge on any atom is 0.200 e. The zero-order valence-electron chi connectivity index (χ0n) is 9.37. The van der Waals surface area contributed by atoms with Crippen molar-refractivity contribution in [2.24, 2.45) is 0 Å². The van der Waals surface area contributed by atoms with Crippen LogP contribution in [0.15, 0.2) is 12.1 Å². The van der Waals surface area contributed by atoms with Crippen LogP contribution >= 0.6 is 15.9 Å². The van der Waals surface area contributed by atoms with Crippen LogP contribution in [0.4, 0.5) is 5.82 Å². The number of pyridine rings is 1. The number of hydrogen-bond donors (Lipinski definition) is 1. The third-order valence-corrected chi connectivity index (χ3v) is 3.32. The molecular formula is C11H15BrN2O2. The van der Waals surface area contributed by atoms with Gasteiger partial charge < -0.3 is 14.8 Å². The van der Waals surface area contributed by atoms with Gasteiger partial charge in [-0.05, 0) is 24.5 Å². The first-order valence-electron chi connectivity index (χ1n) is 5.20. The molecule has 0 radical (unpaired) electrons. The van der Waals surface area contributed by atoms with Crippen LogP contribution in [0.5, 0.6) is 0 Å². The van der Waals surface area contributed by atoms with E-state index < -0.39 is 6.29 Å². The molecule has 0 amide bonds. The van der Waals surface area contributed by atoms with Crippen molar-refractivity contribution in [3.63, 3.8) is 0 Å². The molecule has 5 heteroatoms. The van der Waals surface area contributed by atoms with E-state index in [1.165, 1.54) is 5.56 Å². The molecule has 0 saturated carbocycles. The largest absolute Gasteiger partial charge is 0.357 e. The van der Waals surface area contributed by atoms with Crippen LogP contribution < -0.4 is 5.32 Å². The van der Waals surface area contributed by atoms with Crippen LogP contribution in [0.3, 0.4) is 0 Å². The van der Waals surface area contributed by atoms with Gasteiger partial charge in [0.1, 0.15) is 5.82 Å². The summed E-state index contributed by atoms with van der Waals surface area (Å²) in [6.07, 6.45) is 1.71. The van der Waals surface area contributed by atoms with Crippen LogP contribution in [0.25, 0.3) is 0 Å². The Balaban J connectivity index is 2.27. The molecule has 0 fully saturated rings. The van der Waals surface area contributed by atoms with Gasteiger partial charge >= 0.3 is 0 Å². The summed E-state index contributed by atoms with van der Waals surface area (Å²) >= 11 is 3.54. The normalized spacial score (nSPS) is 19.4. The first kappa shape index (κ1) is 11.8. The fourth-order valence-corrected chi connectivity index (χ4v) is 2.25. The molecule has 1 aromatic heterocycles. The SMILES string of the molecule is COC(OC)c1ccc2c(n1)NC(Br)CC2. The van der Waals surface area contributed by atoms with Crippen molar-refractivity contribution in [3.8, 4) is 0 Å². The van der Waals surface area contributed by atoms with E-state index in [1.807, 2.05) is 6.07 Å². The molecule has 0 saturated heterocycles. The zero-order chi connectivity index (χ0) is 11.5. The number of aryl methyl sites for hydroxylation is 1. The highest BCUT2D eigenvalue weighted by atomic mass is 79.9. The molecule has 4 nitrogen and oxygen atoms in total. The minimum absolute atomic E-state index is 0.297.